The Morgan fingerprint density at radius 3 is 1.93 bits per heavy atom. The molecule has 0 radical (unpaired) electrons. The number of rotatable bonds is 5. The lowest BCUT2D eigenvalue weighted by Gasteiger charge is -2.22. The summed E-state index contributed by atoms with van der Waals surface area (Å²) in [5, 5.41) is 5.00. The van der Waals surface area contributed by atoms with E-state index in [9.17, 15) is 0 Å². The van der Waals surface area contributed by atoms with Crippen molar-refractivity contribution in [2.45, 2.75) is 5.33 Å². The van der Waals surface area contributed by atoms with Gasteiger partial charge in [-0.3, -0.25) is 0 Å². The molecule has 0 aliphatic carbocycles. The van der Waals surface area contributed by atoms with Crippen molar-refractivity contribution in [3.63, 3.8) is 0 Å². The van der Waals surface area contributed by atoms with Crippen LogP contribution in [0.5, 0.6) is 17.2 Å². The van der Waals surface area contributed by atoms with Crippen molar-refractivity contribution in [2.75, 3.05) is 21.3 Å². The van der Waals surface area contributed by atoms with Gasteiger partial charge in [-0.1, -0.05) is 70.5 Å². The molecule has 0 atom stereocenters. The number of benzene rings is 4. The molecular formula is C24H21BrO3. The SMILES string of the molecule is COc1ccc2ccccc2c1-c1c(OC)c(CBr)c(OC)c2ccccc12. The maximum Gasteiger partial charge on any atom is 0.135 e. The minimum absolute atomic E-state index is 0.615. The van der Waals surface area contributed by atoms with Gasteiger partial charge in [0, 0.05) is 27.4 Å². The van der Waals surface area contributed by atoms with Gasteiger partial charge in [-0.05, 0) is 22.2 Å². The van der Waals surface area contributed by atoms with Crippen LogP contribution >= 0.6 is 15.9 Å². The minimum Gasteiger partial charge on any atom is -0.496 e. The zero-order chi connectivity index (χ0) is 19.7. The van der Waals surface area contributed by atoms with Gasteiger partial charge in [0.1, 0.15) is 17.2 Å². The number of hydrogen-bond donors (Lipinski definition) is 0. The lowest BCUT2D eigenvalue weighted by Crippen LogP contribution is -2.01. The summed E-state index contributed by atoms with van der Waals surface area (Å²) in [5.74, 6) is 2.43. The highest BCUT2D eigenvalue weighted by Crippen LogP contribution is 2.50. The van der Waals surface area contributed by atoms with E-state index >= 15 is 0 Å². The van der Waals surface area contributed by atoms with Gasteiger partial charge in [0.15, 0.2) is 0 Å². The molecule has 4 rings (SSSR count). The number of ether oxygens (including phenoxy) is 3. The van der Waals surface area contributed by atoms with Gasteiger partial charge in [0.05, 0.1) is 21.3 Å². The molecule has 4 aromatic rings. The zero-order valence-electron chi connectivity index (χ0n) is 16.1. The second kappa shape index (κ2) is 7.72. The Hall–Kier alpha value is -2.72. The predicted octanol–water partition coefficient (Wildman–Crippen LogP) is 6.58. The molecule has 0 unspecified atom stereocenters. The number of hydrogen-bond acceptors (Lipinski definition) is 3. The van der Waals surface area contributed by atoms with E-state index in [0.29, 0.717) is 5.33 Å². The molecule has 0 bridgehead atoms. The maximum absolute atomic E-state index is 5.96. The summed E-state index contributed by atoms with van der Waals surface area (Å²) >= 11 is 3.63. The summed E-state index contributed by atoms with van der Waals surface area (Å²) < 4.78 is 17.5. The zero-order valence-corrected chi connectivity index (χ0v) is 17.7. The Morgan fingerprint density at radius 1 is 0.643 bits per heavy atom. The van der Waals surface area contributed by atoms with E-state index in [-0.39, 0.29) is 0 Å². The van der Waals surface area contributed by atoms with Crippen molar-refractivity contribution in [3.8, 4) is 28.4 Å². The Kier molecular flexibility index (Phi) is 5.14. The molecule has 0 saturated carbocycles. The summed E-state index contributed by atoms with van der Waals surface area (Å²) in [7, 11) is 5.11. The molecule has 4 aromatic carbocycles. The molecule has 0 heterocycles. The van der Waals surface area contributed by atoms with E-state index < -0.39 is 0 Å². The smallest absolute Gasteiger partial charge is 0.135 e. The average Bonchev–Trinajstić information content (AvgIpc) is 2.76. The summed E-state index contributed by atoms with van der Waals surface area (Å²) in [6.45, 7) is 0. The molecule has 0 aliphatic rings. The van der Waals surface area contributed by atoms with Crippen LogP contribution in [0.4, 0.5) is 0 Å². The van der Waals surface area contributed by atoms with E-state index in [1.54, 1.807) is 21.3 Å². The van der Waals surface area contributed by atoms with E-state index in [0.717, 1.165) is 55.5 Å². The van der Waals surface area contributed by atoms with Gasteiger partial charge >= 0.3 is 0 Å². The Bertz CT molecular complexity index is 1170. The van der Waals surface area contributed by atoms with Gasteiger partial charge in [-0.2, -0.15) is 0 Å². The Labute approximate surface area is 173 Å². The number of methoxy groups -OCH3 is 3. The van der Waals surface area contributed by atoms with Crippen LogP contribution in [0.15, 0.2) is 60.7 Å². The number of halogens is 1. The number of fused-ring (bicyclic) bond motifs is 2. The van der Waals surface area contributed by atoms with Crippen LogP contribution in [0.3, 0.4) is 0 Å². The topological polar surface area (TPSA) is 27.7 Å². The maximum atomic E-state index is 5.96. The first-order chi connectivity index (χ1) is 13.7. The first-order valence-electron chi connectivity index (χ1n) is 9.02. The molecule has 0 aromatic heterocycles. The van der Waals surface area contributed by atoms with Gasteiger partial charge in [0.2, 0.25) is 0 Å². The van der Waals surface area contributed by atoms with Crippen molar-refractivity contribution in [3.05, 3.63) is 66.2 Å². The van der Waals surface area contributed by atoms with E-state index in [4.69, 9.17) is 14.2 Å². The van der Waals surface area contributed by atoms with Crippen molar-refractivity contribution in [1.82, 2.24) is 0 Å². The highest BCUT2D eigenvalue weighted by atomic mass is 79.9. The fraction of sp³-hybridized carbons (Fsp3) is 0.167. The average molecular weight is 437 g/mol. The molecule has 0 fully saturated rings. The second-order valence-electron chi connectivity index (χ2n) is 6.46. The third kappa shape index (κ3) is 2.80. The predicted molar refractivity (Wildman–Crippen MR) is 119 cm³/mol. The van der Waals surface area contributed by atoms with Crippen molar-refractivity contribution >= 4 is 37.5 Å². The third-order valence-corrected chi connectivity index (χ3v) is 5.68. The monoisotopic (exact) mass is 436 g/mol. The van der Waals surface area contributed by atoms with Gasteiger partial charge in [-0.15, -0.1) is 0 Å². The molecule has 0 spiro atoms. The normalized spacial score (nSPS) is 11.0. The van der Waals surface area contributed by atoms with E-state index in [2.05, 4.69) is 52.3 Å². The van der Waals surface area contributed by atoms with Gasteiger partial charge < -0.3 is 14.2 Å². The lowest BCUT2D eigenvalue weighted by atomic mass is 9.90. The van der Waals surface area contributed by atoms with E-state index in [1.165, 1.54) is 0 Å². The van der Waals surface area contributed by atoms with Crippen LogP contribution in [0.1, 0.15) is 5.56 Å². The molecule has 142 valence electrons. The van der Waals surface area contributed by atoms with E-state index in [1.807, 2.05) is 24.3 Å². The van der Waals surface area contributed by atoms with Crippen LogP contribution in [0, 0.1) is 0 Å². The molecule has 0 saturated heterocycles. The fourth-order valence-corrected chi connectivity index (χ4v) is 4.45. The molecule has 28 heavy (non-hydrogen) atoms. The van der Waals surface area contributed by atoms with Crippen LogP contribution in [-0.2, 0) is 5.33 Å². The molecular weight excluding hydrogens is 416 g/mol. The van der Waals surface area contributed by atoms with Gasteiger partial charge in [0.25, 0.3) is 0 Å². The summed E-state index contributed by atoms with van der Waals surface area (Å²) in [6, 6.07) is 20.7. The Morgan fingerprint density at radius 2 is 1.29 bits per heavy atom. The summed E-state index contributed by atoms with van der Waals surface area (Å²) in [4.78, 5) is 0. The van der Waals surface area contributed by atoms with Crippen LogP contribution in [0.2, 0.25) is 0 Å². The molecule has 0 N–H and O–H groups in total. The van der Waals surface area contributed by atoms with Crippen molar-refractivity contribution < 1.29 is 14.2 Å². The number of alkyl halides is 1. The first kappa shape index (κ1) is 18.6. The molecule has 3 nitrogen and oxygen atoms in total. The quantitative estimate of drug-likeness (QED) is 0.330. The summed E-state index contributed by atoms with van der Waals surface area (Å²) in [6.07, 6.45) is 0. The Balaban J connectivity index is 2.27. The molecule has 0 amide bonds. The van der Waals surface area contributed by atoms with Crippen molar-refractivity contribution in [2.24, 2.45) is 0 Å². The first-order valence-corrected chi connectivity index (χ1v) is 10.1. The van der Waals surface area contributed by atoms with Crippen molar-refractivity contribution in [1.29, 1.82) is 0 Å². The largest absolute Gasteiger partial charge is 0.496 e. The summed E-state index contributed by atoms with van der Waals surface area (Å²) in [5.41, 5.74) is 3.02. The van der Waals surface area contributed by atoms with Crippen LogP contribution < -0.4 is 14.2 Å². The lowest BCUT2D eigenvalue weighted by molar-refractivity contribution is 0.392. The van der Waals surface area contributed by atoms with Gasteiger partial charge in [-0.25, -0.2) is 0 Å². The highest BCUT2D eigenvalue weighted by molar-refractivity contribution is 9.08. The van der Waals surface area contributed by atoms with Crippen LogP contribution in [0.25, 0.3) is 32.7 Å². The molecule has 4 heteroatoms. The van der Waals surface area contributed by atoms with Crippen LogP contribution in [-0.4, -0.2) is 21.3 Å². The standard InChI is InChI=1S/C24H21BrO3/c1-26-20-13-12-15-8-4-5-9-16(15)21(20)22-17-10-6-7-11-18(17)23(27-2)19(14-25)24(22)28-3/h4-13H,14H2,1-3H3. The molecule has 0 aliphatic heterocycles. The minimum atomic E-state index is 0.615. The fourth-order valence-electron chi connectivity index (χ4n) is 3.95. The third-order valence-electron chi connectivity index (χ3n) is 5.12. The second-order valence-corrected chi connectivity index (χ2v) is 7.02. The highest BCUT2D eigenvalue weighted by Gasteiger charge is 2.24.